The molecule has 1 aliphatic heterocycles. The number of ketones is 1. The molecular weight excluding hydrogens is 488 g/mol. The third-order valence-electron chi connectivity index (χ3n) is 6.91. The third-order valence-corrected chi connectivity index (χ3v) is 6.91. The van der Waals surface area contributed by atoms with Gasteiger partial charge in [-0.3, -0.25) is 4.79 Å². The van der Waals surface area contributed by atoms with Crippen LogP contribution in [0.1, 0.15) is 80.6 Å². The Balaban J connectivity index is 2.23. The van der Waals surface area contributed by atoms with E-state index in [1.807, 2.05) is 26.8 Å². The fourth-order valence-electron chi connectivity index (χ4n) is 4.59. The molecule has 0 radical (unpaired) electrons. The van der Waals surface area contributed by atoms with Gasteiger partial charge in [0.15, 0.2) is 12.2 Å². The quantitative estimate of drug-likeness (QED) is 0.251. The second-order valence-corrected chi connectivity index (χ2v) is 11.0. The van der Waals surface area contributed by atoms with Gasteiger partial charge in [-0.1, -0.05) is 23.8 Å². The number of phenolic OH excluding ortho intramolecular Hbond substituents is 4. The van der Waals surface area contributed by atoms with Gasteiger partial charge in [-0.05, 0) is 78.4 Å². The molecule has 3 atom stereocenters. The molecule has 0 amide bonds. The van der Waals surface area contributed by atoms with Gasteiger partial charge in [0.05, 0.1) is 5.60 Å². The van der Waals surface area contributed by atoms with E-state index in [1.54, 1.807) is 13.8 Å². The van der Waals surface area contributed by atoms with Gasteiger partial charge in [-0.15, -0.1) is 0 Å². The number of aliphatic hydroxyl groups excluding tert-OH is 1. The second kappa shape index (κ2) is 11.1. The van der Waals surface area contributed by atoms with Gasteiger partial charge in [0.2, 0.25) is 5.78 Å². The first-order valence-corrected chi connectivity index (χ1v) is 12.6. The number of rotatable bonds is 9. The molecule has 0 spiro atoms. The smallest absolute Gasteiger partial charge is 0.202 e. The van der Waals surface area contributed by atoms with Crippen molar-refractivity contribution in [2.75, 3.05) is 0 Å². The Kier molecular flexibility index (Phi) is 8.48. The molecule has 1 heterocycles. The van der Waals surface area contributed by atoms with Crippen LogP contribution in [0.15, 0.2) is 42.0 Å². The van der Waals surface area contributed by atoms with E-state index in [1.165, 1.54) is 12.1 Å². The highest BCUT2D eigenvalue weighted by Gasteiger charge is 2.43. The van der Waals surface area contributed by atoms with Gasteiger partial charge in [0, 0.05) is 22.8 Å². The molecule has 8 nitrogen and oxygen atoms in total. The molecule has 2 aromatic rings. The maximum atomic E-state index is 13.5. The Labute approximate surface area is 223 Å². The van der Waals surface area contributed by atoms with Crippen LogP contribution >= 0.6 is 0 Å². The van der Waals surface area contributed by atoms with Gasteiger partial charge in [0.25, 0.3) is 0 Å². The summed E-state index contributed by atoms with van der Waals surface area (Å²) in [5, 5.41) is 63.8. The van der Waals surface area contributed by atoms with Crippen LogP contribution in [0.2, 0.25) is 0 Å². The van der Waals surface area contributed by atoms with Crippen molar-refractivity contribution in [1.29, 1.82) is 0 Å². The molecule has 0 aliphatic carbocycles. The number of phenols is 4. The zero-order valence-electron chi connectivity index (χ0n) is 22.6. The van der Waals surface area contributed by atoms with Gasteiger partial charge in [0.1, 0.15) is 34.3 Å². The molecule has 1 aliphatic rings. The summed E-state index contributed by atoms with van der Waals surface area (Å²) in [7, 11) is 0. The van der Waals surface area contributed by atoms with E-state index >= 15 is 0 Å². The standard InChI is InChI=1S/C30H38O8/c1-15(2)7-8-17(16(3)4)13-21-24(33)20(11-12-30(5,6)37)25(34)23-26(35)27(36)29(38-28(21)23)19-10-9-18(31)14-22(19)32/h7,9-10,14,17,27,29,31-34,36-37H,3,8,11-13H2,1-2,4-6H3/t17-,27+,29-/m1/s1. The van der Waals surface area contributed by atoms with Crippen LogP contribution in [0.25, 0.3) is 0 Å². The maximum Gasteiger partial charge on any atom is 0.202 e. The first kappa shape index (κ1) is 29.1. The van der Waals surface area contributed by atoms with E-state index in [4.69, 9.17) is 4.74 Å². The highest BCUT2D eigenvalue weighted by molar-refractivity contribution is 6.06. The number of carbonyl (C=O) groups is 1. The number of carbonyl (C=O) groups excluding carboxylic acids is 1. The molecule has 6 N–H and O–H groups in total. The van der Waals surface area contributed by atoms with Gasteiger partial charge >= 0.3 is 0 Å². The minimum Gasteiger partial charge on any atom is -0.508 e. The van der Waals surface area contributed by atoms with E-state index in [0.29, 0.717) is 6.42 Å². The highest BCUT2D eigenvalue weighted by atomic mass is 16.5. The lowest BCUT2D eigenvalue weighted by Gasteiger charge is -2.34. The Bertz CT molecular complexity index is 1260. The van der Waals surface area contributed by atoms with Crippen LogP contribution in [0.4, 0.5) is 0 Å². The summed E-state index contributed by atoms with van der Waals surface area (Å²) in [6.07, 6.45) is 0.0212. The summed E-state index contributed by atoms with van der Waals surface area (Å²) in [6.45, 7) is 13.1. The molecule has 0 saturated heterocycles. The lowest BCUT2D eigenvalue weighted by Crippen LogP contribution is -2.37. The van der Waals surface area contributed by atoms with Crippen molar-refractivity contribution in [3.63, 3.8) is 0 Å². The van der Waals surface area contributed by atoms with Crippen molar-refractivity contribution < 1.29 is 40.2 Å². The van der Waals surface area contributed by atoms with Gasteiger partial charge < -0.3 is 35.4 Å². The number of aromatic hydroxyl groups is 4. The van der Waals surface area contributed by atoms with Gasteiger partial charge in [-0.25, -0.2) is 0 Å². The van der Waals surface area contributed by atoms with Crippen molar-refractivity contribution >= 4 is 5.78 Å². The molecule has 0 unspecified atom stereocenters. The van der Waals surface area contributed by atoms with Crippen molar-refractivity contribution in [2.45, 2.75) is 78.1 Å². The minimum absolute atomic E-state index is 0.0614. The van der Waals surface area contributed by atoms with Gasteiger partial charge in [-0.2, -0.15) is 0 Å². The SMILES string of the molecule is C=C(C)[C@H](CC=C(C)C)Cc1c(O)c(CCC(C)(C)O)c(O)c2c1O[C@H](c1ccc(O)cc1O)[C@@H](O)C2=O. The topological polar surface area (TPSA) is 148 Å². The molecule has 3 rings (SSSR count). The molecule has 0 bridgehead atoms. The fourth-order valence-corrected chi connectivity index (χ4v) is 4.59. The number of hydrogen-bond donors (Lipinski definition) is 6. The average Bonchev–Trinajstić information content (AvgIpc) is 2.79. The van der Waals surface area contributed by atoms with Crippen LogP contribution in [0.5, 0.6) is 28.7 Å². The minimum atomic E-state index is -1.77. The molecule has 206 valence electrons. The Morgan fingerprint density at radius 1 is 1.11 bits per heavy atom. The Hall–Kier alpha value is -3.49. The number of Topliss-reactive ketones (excluding diaryl/α,β-unsaturated/α-hetero) is 1. The number of hydrogen-bond acceptors (Lipinski definition) is 8. The van der Waals surface area contributed by atoms with E-state index < -0.39 is 29.3 Å². The monoisotopic (exact) mass is 526 g/mol. The summed E-state index contributed by atoms with van der Waals surface area (Å²) in [4.78, 5) is 13.5. The van der Waals surface area contributed by atoms with Crippen LogP contribution in [-0.4, -0.2) is 48.1 Å². The molecule has 8 heteroatoms. The van der Waals surface area contributed by atoms with Crippen LogP contribution < -0.4 is 4.74 Å². The van der Waals surface area contributed by atoms with Crippen LogP contribution in [-0.2, 0) is 12.8 Å². The van der Waals surface area contributed by atoms with E-state index in [2.05, 4.69) is 6.58 Å². The van der Waals surface area contributed by atoms with E-state index in [0.717, 1.165) is 17.2 Å². The molecule has 0 fully saturated rings. The number of aliphatic hydroxyl groups is 2. The maximum absolute atomic E-state index is 13.5. The summed E-state index contributed by atoms with van der Waals surface area (Å²) in [5.74, 6) is -2.42. The third kappa shape index (κ3) is 6.14. The average molecular weight is 527 g/mol. The van der Waals surface area contributed by atoms with Crippen molar-refractivity contribution in [3.8, 4) is 28.7 Å². The second-order valence-electron chi connectivity index (χ2n) is 11.0. The Morgan fingerprint density at radius 2 is 1.76 bits per heavy atom. The summed E-state index contributed by atoms with van der Waals surface area (Å²) < 4.78 is 6.09. The van der Waals surface area contributed by atoms with Crippen molar-refractivity contribution in [2.24, 2.45) is 5.92 Å². The highest BCUT2D eigenvalue weighted by Crippen LogP contribution is 2.50. The van der Waals surface area contributed by atoms with E-state index in [9.17, 15) is 35.4 Å². The number of allylic oxidation sites excluding steroid dienone is 3. The number of benzene rings is 2. The molecule has 0 saturated carbocycles. The first-order valence-electron chi connectivity index (χ1n) is 12.6. The predicted molar refractivity (Wildman–Crippen MR) is 144 cm³/mol. The normalized spacial score (nSPS) is 17.9. The van der Waals surface area contributed by atoms with Crippen molar-refractivity contribution in [1.82, 2.24) is 0 Å². The summed E-state index contributed by atoms with van der Waals surface area (Å²) in [6, 6.07) is 3.69. The lowest BCUT2D eigenvalue weighted by atomic mass is 9.83. The number of fused-ring (bicyclic) bond motifs is 1. The summed E-state index contributed by atoms with van der Waals surface area (Å²) >= 11 is 0. The largest absolute Gasteiger partial charge is 0.508 e. The van der Waals surface area contributed by atoms with Crippen molar-refractivity contribution in [3.05, 3.63) is 64.3 Å². The predicted octanol–water partition coefficient (Wildman–Crippen LogP) is 4.98. The zero-order chi connectivity index (χ0) is 28.5. The molecular formula is C30H38O8. The van der Waals surface area contributed by atoms with E-state index in [-0.39, 0.29) is 70.4 Å². The summed E-state index contributed by atoms with van der Waals surface area (Å²) in [5.41, 5.74) is 1.01. The molecule has 2 aromatic carbocycles. The van der Waals surface area contributed by atoms with Crippen LogP contribution in [0, 0.1) is 5.92 Å². The zero-order valence-corrected chi connectivity index (χ0v) is 22.6. The lowest BCUT2D eigenvalue weighted by molar-refractivity contribution is 0.0197. The molecule has 38 heavy (non-hydrogen) atoms. The first-order chi connectivity index (χ1) is 17.6. The Morgan fingerprint density at radius 3 is 2.32 bits per heavy atom. The van der Waals surface area contributed by atoms with Crippen LogP contribution in [0.3, 0.4) is 0 Å². The molecule has 0 aromatic heterocycles. The number of ether oxygens (including phenoxy) is 1. The fraction of sp³-hybridized carbons (Fsp3) is 0.433.